The summed E-state index contributed by atoms with van der Waals surface area (Å²) in [6.07, 6.45) is -0.995. The highest BCUT2D eigenvalue weighted by molar-refractivity contribution is 5.81. The smallest absolute Gasteiger partial charge is 0.328 e. The number of aliphatic hydroxyl groups is 1. The van der Waals surface area contributed by atoms with Gasteiger partial charge in [-0.1, -0.05) is 60.7 Å². The van der Waals surface area contributed by atoms with E-state index in [0.29, 0.717) is 13.1 Å². The molecule has 0 aliphatic heterocycles. The Morgan fingerprint density at radius 1 is 1.06 bits per heavy atom. The predicted octanol–water partition coefficient (Wildman–Crippen LogP) is 1.59. The van der Waals surface area contributed by atoms with Crippen molar-refractivity contribution in [3.63, 3.8) is 0 Å². The molecule has 0 unspecified atom stereocenters. The first-order valence-corrected chi connectivity index (χ1v) is 11.6. The number of carboxylic acids is 1. The molecule has 3 atom stereocenters. The number of rotatable bonds is 14. The molecule has 0 saturated heterocycles. The highest BCUT2D eigenvalue weighted by Crippen LogP contribution is 2.23. The second-order valence-corrected chi connectivity index (χ2v) is 8.33. The van der Waals surface area contributed by atoms with Gasteiger partial charge >= 0.3 is 11.9 Å². The van der Waals surface area contributed by atoms with Crippen LogP contribution in [0.3, 0.4) is 0 Å². The van der Waals surface area contributed by atoms with Crippen molar-refractivity contribution in [2.24, 2.45) is 5.73 Å². The summed E-state index contributed by atoms with van der Waals surface area (Å²) in [5.41, 5.74) is 5.52. The third-order valence-electron chi connectivity index (χ3n) is 5.51. The number of ether oxygens (including phenoxy) is 2. The van der Waals surface area contributed by atoms with Crippen LogP contribution in [0.15, 0.2) is 60.7 Å². The number of benzene rings is 2. The van der Waals surface area contributed by atoms with E-state index in [-0.39, 0.29) is 19.8 Å². The minimum Gasteiger partial charge on any atom is -0.480 e. The van der Waals surface area contributed by atoms with Crippen LogP contribution in [0, 0.1) is 0 Å². The Hall–Kier alpha value is -2.89. The fraction of sp³-hybridized carbons (Fsp3) is 0.462. The van der Waals surface area contributed by atoms with Crippen LogP contribution >= 0.6 is 0 Å². The number of nitrogens with two attached hydrogens (primary N) is 1. The van der Waals surface area contributed by atoms with Gasteiger partial charge in [-0.2, -0.15) is 0 Å². The van der Waals surface area contributed by atoms with Gasteiger partial charge in [-0.3, -0.25) is 9.69 Å². The monoisotopic (exact) mass is 507 g/mol. The molecule has 0 spiro atoms. The molecule has 0 fully saturated rings. The van der Waals surface area contributed by atoms with Gasteiger partial charge in [0.15, 0.2) is 0 Å². The number of aliphatic carboxylic acids is 1. The van der Waals surface area contributed by atoms with Gasteiger partial charge in [0.2, 0.25) is 0 Å². The summed E-state index contributed by atoms with van der Waals surface area (Å²) in [5.74, 6) is -1.79. The Morgan fingerprint density at radius 3 is 1.89 bits per heavy atom. The van der Waals surface area contributed by atoms with E-state index in [4.69, 9.17) is 15.6 Å². The maximum Gasteiger partial charge on any atom is 0.328 e. The standard InChI is InChI=1S/C22H28N2O5.C4H10FNO/c1-22(16-25,21(28)29-15-19(23-2)20(26)27)24(13-17-9-5-3-6-10-17)14-18-11-7-4-8-12-18;1-7-3-4(5)2-6/h3-12,19,23,25H,13-16H2,1-2H3,(H,26,27);4H,2-3,6H2,1H3/t19-,22-;4-/m10/s1. The summed E-state index contributed by atoms with van der Waals surface area (Å²) in [5, 5.41) is 21.9. The van der Waals surface area contributed by atoms with E-state index in [1.807, 2.05) is 65.6 Å². The summed E-state index contributed by atoms with van der Waals surface area (Å²) >= 11 is 0. The van der Waals surface area contributed by atoms with Gasteiger partial charge in [-0.25, -0.2) is 9.18 Å². The fourth-order valence-corrected chi connectivity index (χ4v) is 3.15. The number of alkyl halides is 1. The molecule has 0 aromatic heterocycles. The van der Waals surface area contributed by atoms with Crippen LogP contribution < -0.4 is 11.1 Å². The molecule has 0 heterocycles. The van der Waals surface area contributed by atoms with Crippen LogP contribution in [0.5, 0.6) is 0 Å². The number of esters is 1. The number of carbonyl (C=O) groups is 2. The fourth-order valence-electron chi connectivity index (χ4n) is 3.15. The summed E-state index contributed by atoms with van der Waals surface area (Å²) in [4.78, 5) is 25.9. The van der Waals surface area contributed by atoms with Crippen molar-refractivity contribution in [2.45, 2.75) is 37.8 Å². The first-order chi connectivity index (χ1) is 17.2. The van der Waals surface area contributed by atoms with Crippen LogP contribution in [0.2, 0.25) is 0 Å². The predicted molar refractivity (Wildman–Crippen MR) is 135 cm³/mol. The van der Waals surface area contributed by atoms with E-state index in [1.54, 1.807) is 6.92 Å². The van der Waals surface area contributed by atoms with E-state index in [2.05, 4.69) is 10.1 Å². The largest absolute Gasteiger partial charge is 0.480 e. The zero-order chi connectivity index (χ0) is 27.0. The maximum absolute atomic E-state index is 12.9. The molecular formula is C26H38FN3O6. The lowest BCUT2D eigenvalue weighted by molar-refractivity contribution is -0.163. The molecule has 5 N–H and O–H groups in total. The number of nitrogens with one attached hydrogen (secondary N) is 1. The molecular weight excluding hydrogens is 469 g/mol. The molecule has 200 valence electrons. The van der Waals surface area contributed by atoms with E-state index < -0.39 is 36.3 Å². The average molecular weight is 508 g/mol. The van der Waals surface area contributed by atoms with Gasteiger partial charge in [0, 0.05) is 26.7 Å². The second kappa shape index (κ2) is 16.7. The number of hydrogen-bond donors (Lipinski definition) is 4. The quantitative estimate of drug-likeness (QED) is 0.281. The van der Waals surface area contributed by atoms with Gasteiger partial charge < -0.3 is 30.7 Å². The number of carbonyl (C=O) groups excluding carboxylic acids is 1. The molecule has 0 radical (unpaired) electrons. The van der Waals surface area contributed by atoms with Crippen molar-refractivity contribution in [1.82, 2.24) is 10.2 Å². The molecule has 0 bridgehead atoms. The maximum atomic E-state index is 12.9. The van der Waals surface area contributed by atoms with Gasteiger partial charge in [0.1, 0.15) is 24.4 Å². The van der Waals surface area contributed by atoms with Crippen LogP contribution in [0.1, 0.15) is 18.1 Å². The minimum atomic E-state index is -1.34. The zero-order valence-corrected chi connectivity index (χ0v) is 21.1. The van der Waals surface area contributed by atoms with E-state index >= 15 is 0 Å². The van der Waals surface area contributed by atoms with E-state index in [0.717, 1.165) is 11.1 Å². The van der Waals surface area contributed by atoms with Crippen LogP contribution in [0.4, 0.5) is 4.39 Å². The Morgan fingerprint density at radius 2 is 1.56 bits per heavy atom. The summed E-state index contributed by atoms with van der Waals surface area (Å²) in [7, 11) is 2.93. The topological polar surface area (TPSA) is 134 Å². The number of aliphatic hydroxyl groups excluding tert-OH is 1. The number of nitrogens with zero attached hydrogens (tertiary/aromatic N) is 1. The molecule has 2 aromatic rings. The minimum absolute atomic E-state index is 0.0494. The molecule has 36 heavy (non-hydrogen) atoms. The van der Waals surface area contributed by atoms with Crippen molar-refractivity contribution >= 4 is 11.9 Å². The number of hydrogen-bond acceptors (Lipinski definition) is 8. The van der Waals surface area contributed by atoms with Crippen molar-refractivity contribution in [3.8, 4) is 0 Å². The van der Waals surface area contributed by atoms with Gasteiger partial charge in [0.25, 0.3) is 0 Å². The number of carboxylic acid groups (broad SMARTS) is 1. The SMILES string of the molecule is CN[C@H](COC(=O)[C@@](C)(CO)N(Cc1ccccc1)Cc1ccccc1)C(=O)O.COC[C@@H](F)CN. The van der Waals surface area contributed by atoms with Crippen LogP contribution in [0.25, 0.3) is 0 Å². The first kappa shape index (κ1) is 31.1. The Labute approximate surface area is 212 Å². The van der Waals surface area contributed by atoms with Crippen molar-refractivity contribution in [1.29, 1.82) is 0 Å². The third kappa shape index (κ3) is 10.4. The molecule has 2 aromatic carbocycles. The van der Waals surface area contributed by atoms with E-state index in [9.17, 15) is 19.1 Å². The lowest BCUT2D eigenvalue weighted by Crippen LogP contribution is -2.56. The third-order valence-corrected chi connectivity index (χ3v) is 5.51. The van der Waals surface area contributed by atoms with Crippen LogP contribution in [-0.2, 0) is 32.2 Å². The highest BCUT2D eigenvalue weighted by Gasteiger charge is 2.41. The van der Waals surface area contributed by atoms with Crippen molar-refractivity contribution in [2.75, 3.05) is 40.5 Å². The molecule has 0 aliphatic rings. The summed E-state index contributed by atoms with van der Waals surface area (Å²) < 4.78 is 21.6. The first-order valence-electron chi connectivity index (χ1n) is 11.6. The number of likely N-dealkylation sites (N-methyl/N-ethyl adjacent to an activating group) is 1. The van der Waals surface area contributed by atoms with Crippen LogP contribution in [-0.4, -0.2) is 85.3 Å². The number of halogens is 1. The molecule has 9 nitrogen and oxygen atoms in total. The molecule has 0 saturated carbocycles. The summed E-state index contributed by atoms with van der Waals surface area (Å²) in [6, 6.07) is 18.2. The normalized spacial score (nSPS) is 14.2. The Balaban J connectivity index is 0.000000809. The van der Waals surface area contributed by atoms with Gasteiger partial charge in [-0.05, 0) is 25.1 Å². The Kier molecular flexibility index (Phi) is 14.5. The highest BCUT2D eigenvalue weighted by atomic mass is 19.1. The zero-order valence-electron chi connectivity index (χ0n) is 21.1. The molecule has 0 aliphatic carbocycles. The Bertz CT molecular complexity index is 848. The summed E-state index contributed by atoms with van der Waals surface area (Å²) in [6.45, 7) is 1.79. The van der Waals surface area contributed by atoms with E-state index in [1.165, 1.54) is 14.2 Å². The lowest BCUT2D eigenvalue weighted by Gasteiger charge is -2.38. The van der Waals surface area contributed by atoms with Gasteiger partial charge in [-0.15, -0.1) is 0 Å². The van der Waals surface area contributed by atoms with Crippen molar-refractivity contribution < 1.29 is 33.7 Å². The molecule has 10 heteroatoms. The number of methoxy groups -OCH3 is 1. The van der Waals surface area contributed by atoms with Gasteiger partial charge in [0.05, 0.1) is 13.2 Å². The van der Waals surface area contributed by atoms with Crippen molar-refractivity contribution in [3.05, 3.63) is 71.8 Å². The molecule has 2 rings (SSSR count). The molecule has 0 amide bonds. The average Bonchev–Trinajstić information content (AvgIpc) is 2.89. The second-order valence-electron chi connectivity index (χ2n) is 8.33. The lowest BCUT2D eigenvalue weighted by atomic mass is 9.98.